The largest absolute Gasteiger partial charge is 0.399 e. The van der Waals surface area contributed by atoms with Gasteiger partial charge in [0.25, 0.3) is 0 Å². The average molecular weight is 292 g/mol. The van der Waals surface area contributed by atoms with Crippen molar-refractivity contribution < 1.29 is 4.79 Å². The zero-order valence-corrected chi connectivity index (χ0v) is 11.4. The zero-order chi connectivity index (χ0) is 13.8. The maximum Gasteiger partial charge on any atom is 0.185 e. The number of carbonyl (C=O) groups is 1. The minimum Gasteiger partial charge on any atom is -0.399 e. The number of carbonyl (C=O) groups excluding carboxylic acids is 1. The summed E-state index contributed by atoms with van der Waals surface area (Å²) in [5.74, 6) is -0.127. The molecule has 2 N–H and O–H groups in total. The summed E-state index contributed by atoms with van der Waals surface area (Å²) in [5.41, 5.74) is 7.47. The first kappa shape index (κ1) is 13.7. The number of ketones is 1. The van der Waals surface area contributed by atoms with Crippen LogP contribution in [0.3, 0.4) is 0 Å². The number of nitrogen functional groups attached to an aromatic ring is 1. The fraction of sp³-hybridized carbons (Fsp3) is 0. The molecule has 0 bridgehead atoms. The molecule has 96 valence electrons. The predicted octanol–water partition coefficient (Wildman–Crippen LogP) is 4.47. The van der Waals surface area contributed by atoms with Gasteiger partial charge in [0.2, 0.25) is 0 Å². The van der Waals surface area contributed by atoms with Crippen molar-refractivity contribution in [3.8, 4) is 0 Å². The number of hydrogen-bond acceptors (Lipinski definition) is 2. The molecule has 0 atom stereocenters. The highest BCUT2D eigenvalue weighted by atomic mass is 35.5. The van der Waals surface area contributed by atoms with Gasteiger partial charge < -0.3 is 5.73 Å². The van der Waals surface area contributed by atoms with Crippen LogP contribution in [0.4, 0.5) is 5.69 Å². The molecule has 0 saturated heterocycles. The molecule has 2 aromatic rings. The van der Waals surface area contributed by atoms with Crippen LogP contribution in [-0.2, 0) is 0 Å². The molecule has 0 radical (unpaired) electrons. The summed E-state index contributed by atoms with van der Waals surface area (Å²) in [6.45, 7) is 0. The second kappa shape index (κ2) is 5.91. The molecular formula is C15H11Cl2NO. The number of hydrogen-bond donors (Lipinski definition) is 1. The topological polar surface area (TPSA) is 43.1 Å². The van der Waals surface area contributed by atoms with E-state index in [2.05, 4.69) is 0 Å². The van der Waals surface area contributed by atoms with Crippen molar-refractivity contribution in [1.29, 1.82) is 0 Å². The van der Waals surface area contributed by atoms with E-state index in [1.165, 1.54) is 6.08 Å². The van der Waals surface area contributed by atoms with Crippen molar-refractivity contribution >= 4 is 40.7 Å². The molecule has 0 saturated carbocycles. The lowest BCUT2D eigenvalue weighted by atomic mass is 10.1. The van der Waals surface area contributed by atoms with Gasteiger partial charge >= 0.3 is 0 Å². The van der Waals surface area contributed by atoms with Gasteiger partial charge in [-0.05, 0) is 42.0 Å². The standard InChI is InChI=1S/C15H11Cl2NO/c16-12-6-4-10(14(17)9-12)5-7-15(19)11-2-1-3-13(18)8-11/h1-9H,18H2. The molecule has 2 aromatic carbocycles. The molecule has 2 nitrogen and oxygen atoms in total. The van der Waals surface area contributed by atoms with Crippen LogP contribution < -0.4 is 5.73 Å². The highest BCUT2D eigenvalue weighted by molar-refractivity contribution is 6.35. The Morgan fingerprint density at radius 1 is 1.11 bits per heavy atom. The summed E-state index contributed by atoms with van der Waals surface area (Å²) in [6.07, 6.45) is 3.12. The fourth-order valence-corrected chi connectivity index (χ4v) is 2.06. The first-order valence-electron chi connectivity index (χ1n) is 5.59. The molecule has 0 aromatic heterocycles. The van der Waals surface area contributed by atoms with Gasteiger partial charge in [-0.2, -0.15) is 0 Å². The van der Waals surface area contributed by atoms with Crippen LogP contribution in [0.15, 0.2) is 48.5 Å². The van der Waals surface area contributed by atoms with Crippen molar-refractivity contribution in [2.45, 2.75) is 0 Å². The average Bonchev–Trinajstić information content (AvgIpc) is 2.37. The third kappa shape index (κ3) is 3.60. The van der Waals surface area contributed by atoms with E-state index < -0.39 is 0 Å². The monoisotopic (exact) mass is 291 g/mol. The molecule has 0 spiro atoms. The normalized spacial score (nSPS) is 10.8. The lowest BCUT2D eigenvalue weighted by Gasteiger charge is -2.00. The molecule has 2 rings (SSSR count). The smallest absolute Gasteiger partial charge is 0.185 e. The van der Waals surface area contributed by atoms with E-state index >= 15 is 0 Å². The zero-order valence-electron chi connectivity index (χ0n) is 9.94. The number of nitrogens with two attached hydrogens (primary N) is 1. The molecule has 0 aliphatic carbocycles. The summed E-state index contributed by atoms with van der Waals surface area (Å²) < 4.78 is 0. The Balaban J connectivity index is 2.21. The highest BCUT2D eigenvalue weighted by Crippen LogP contribution is 2.22. The van der Waals surface area contributed by atoms with E-state index in [4.69, 9.17) is 28.9 Å². The molecule has 0 unspecified atom stereocenters. The summed E-state index contributed by atoms with van der Waals surface area (Å²) in [6, 6.07) is 11.9. The first-order chi connectivity index (χ1) is 9.06. The number of halogens is 2. The number of allylic oxidation sites excluding steroid dienone is 1. The number of anilines is 1. The Kier molecular flexibility index (Phi) is 4.25. The van der Waals surface area contributed by atoms with Crippen LogP contribution in [0.2, 0.25) is 10.0 Å². The predicted molar refractivity (Wildman–Crippen MR) is 80.7 cm³/mol. The summed E-state index contributed by atoms with van der Waals surface area (Å²) >= 11 is 11.8. The van der Waals surface area contributed by atoms with Gasteiger partial charge in [0.15, 0.2) is 5.78 Å². The Morgan fingerprint density at radius 3 is 2.58 bits per heavy atom. The van der Waals surface area contributed by atoms with Crippen molar-refractivity contribution in [3.05, 3.63) is 69.7 Å². The van der Waals surface area contributed by atoms with E-state index in [0.717, 1.165) is 5.56 Å². The molecular weight excluding hydrogens is 281 g/mol. The van der Waals surface area contributed by atoms with E-state index in [-0.39, 0.29) is 5.78 Å². The van der Waals surface area contributed by atoms with E-state index in [9.17, 15) is 4.79 Å². The minimum atomic E-state index is -0.127. The van der Waals surface area contributed by atoms with Gasteiger partial charge in [-0.25, -0.2) is 0 Å². The maximum absolute atomic E-state index is 11.9. The van der Waals surface area contributed by atoms with Crippen molar-refractivity contribution in [1.82, 2.24) is 0 Å². The molecule has 0 fully saturated rings. The summed E-state index contributed by atoms with van der Waals surface area (Å²) in [4.78, 5) is 11.9. The van der Waals surface area contributed by atoms with Crippen LogP contribution in [-0.4, -0.2) is 5.78 Å². The third-order valence-electron chi connectivity index (χ3n) is 2.55. The van der Waals surface area contributed by atoms with Gasteiger partial charge in [0.05, 0.1) is 0 Å². The van der Waals surface area contributed by atoms with Crippen LogP contribution in [0, 0.1) is 0 Å². The summed E-state index contributed by atoms with van der Waals surface area (Å²) in [5, 5.41) is 1.06. The molecule has 0 amide bonds. The Bertz CT molecular complexity index is 650. The van der Waals surface area contributed by atoms with Crippen LogP contribution >= 0.6 is 23.2 Å². The van der Waals surface area contributed by atoms with Crippen molar-refractivity contribution in [3.63, 3.8) is 0 Å². The SMILES string of the molecule is Nc1cccc(C(=O)C=Cc2ccc(Cl)cc2Cl)c1. The quantitative estimate of drug-likeness (QED) is 0.515. The lowest BCUT2D eigenvalue weighted by molar-refractivity contribution is 0.104. The minimum absolute atomic E-state index is 0.127. The van der Waals surface area contributed by atoms with Crippen molar-refractivity contribution in [2.24, 2.45) is 0 Å². The van der Waals surface area contributed by atoms with Gasteiger partial charge in [-0.15, -0.1) is 0 Å². The molecule has 0 heterocycles. The van der Waals surface area contributed by atoms with E-state index in [1.807, 2.05) is 0 Å². The second-order valence-electron chi connectivity index (χ2n) is 3.99. The molecule has 19 heavy (non-hydrogen) atoms. The Morgan fingerprint density at radius 2 is 1.89 bits per heavy atom. The lowest BCUT2D eigenvalue weighted by Crippen LogP contribution is -1.95. The second-order valence-corrected chi connectivity index (χ2v) is 4.83. The number of benzene rings is 2. The fourth-order valence-electron chi connectivity index (χ4n) is 1.59. The van der Waals surface area contributed by atoms with E-state index in [0.29, 0.717) is 21.3 Å². The number of rotatable bonds is 3. The molecule has 0 aliphatic rings. The Hall–Kier alpha value is -1.77. The highest BCUT2D eigenvalue weighted by Gasteiger charge is 2.03. The van der Waals surface area contributed by atoms with Gasteiger partial charge in [-0.1, -0.05) is 41.4 Å². The molecule has 4 heteroatoms. The first-order valence-corrected chi connectivity index (χ1v) is 6.35. The van der Waals surface area contributed by atoms with Gasteiger partial charge in [0.1, 0.15) is 0 Å². The van der Waals surface area contributed by atoms with Gasteiger partial charge in [-0.3, -0.25) is 4.79 Å². The maximum atomic E-state index is 11.9. The Labute approximate surface area is 121 Å². The van der Waals surface area contributed by atoms with Crippen LogP contribution in [0.5, 0.6) is 0 Å². The molecule has 0 aliphatic heterocycles. The van der Waals surface area contributed by atoms with Crippen molar-refractivity contribution in [2.75, 3.05) is 5.73 Å². The van der Waals surface area contributed by atoms with Crippen LogP contribution in [0.25, 0.3) is 6.08 Å². The third-order valence-corrected chi connectivity index (χ3v) is 3.11. The summed E-state index contributed by atoms with van der Waals surface area (Å²) in [7, 11) is 0. The van der Waals surface area contributed by atoms with E-state index in [1.54, 1.807) is 48.5 Å². The van der Waals surface area contributed by atoms with Gasteiger partial charge in [0, 0.05) is 21.3 Å². The van der Waals surface area contributed by atoms with Crippen LogP contribution in [0.1, 0.15) is 15.9 Å².